The highest BCUT2D eigenvalue weighted by atomic mass is 31.2. The third kappa shape index (κ3) is 7.39. The van der Waals surface area contributed by atoms with Gasteiger partial charge >= 0.3 is 0 Å². The summed E-state index contributed by atoms with van der Waals surface area (Å²) < 4.78 is 5.83. The highest BCUT2D eigenvalue weighted by molar-refractivity contribution is 7.95. The van der Waals surface area contributed by atoms with Crippen LogP contribution < -0.4 is 15.9 Å². The van der Waals surface area contributed by atoms with Crippen LogP contribution in [0.4, 0.5) is 0 Å². The first-order valence-electron chi connectivity index (χ1n) is 13.6. The van der Waals surface area contributed by atoms with Crippen LogP contribution in [0.2, 0.25) is 0 Å². The SMILES string of the molecule is c1ccc(COCCCCCCCCC[P+](c2ccccc2)(c2ccccc2)c2ccccc2)cc1. The lowest BCUT2D eigenvalue weighted by Gasteiger charge is -2.27. The molecule has 0 aliphatic rings. The van der Waals surface area contributed by atoms with Crippen molar-refractivity contribution in [1.29, 1.82) is 0 Å². The first kappa shape index (κ1) is 26.3. The molecule has 2 heteroatoms. The molecule has 4 rings (SSSR count). The predicted octanol–water partition coefficient (Wildman–Crippen LogP) is 7.93. The number of ether oxygens (including phenoxy) is 1. The molecule has 186 valence electrons. The van der Waals surface area contributed by atoms with E-state index >= 15 is 0 Å². The number of rotatable bonds is 15. The molecule has 0 unspecified atom stereocenters. The van der Waals surface area contributed by atoms with Crippen molar-refractivity contribution in [3.05, 3.63) is 127 Å². The van der Waals surface area contributed by atoms with Gasteiger partial charge in [-0.15, -0.1) is 0 Å². The molecule has 0 fully saturated rings. The Morgan fingerprint density at radius 1 is 0.417 bits per heavy atom. The van der Waals surface area contributed by atoms with Crippen molar-refractivity contribution in [2.45, 2.75) is 51.6 Å². The van der Waals surface area contributed by atoms with Crippen LogP contribution in [0.3, 0.4) is 0 Å². The summed E-state index contributed by atoms with van der Waals surface area (Å²) in [5.74, 6) is 0. The molecule has 0 N–H and O–H groups in total. The fraction of sp³-hybridized carbons (Fsp3) is 0.294. The molecule has 0 spiro atoms. The highest BCUT2D eigenvalue weighted by Crippen LogP contribution is 2.55. The average molecular weight is 496 g/mol. The lowest BCUT2D eigenvalue weighted by atomic mass is 10.1. The van der Waals surface area contributed by atoms with E-state index in [1.165, 1.54) is 66.2 Å². The molecule has 0 radical (unpaired) electrons. The van der Waals surface area contributed by atoms with Crippen molar-refractivity contribution >= 4 is 23.2 Å². The van der Waals surface area contributed by atoms with Crippen LogP contribution >= 0.6 is 7.26 Å². The highest BCUT2D eigenvalue weighted by Gasteiger charge is 2.44. The van der Waals surface area contributed by atoms with Gasteiger partial charge in [-0.25, -0.2) is 0 Å². The number of hydrogen-bond donors (Lipinski definition) is 0. The maximum atomic E-state index is 5.83. The summed E-state index contributed by atoms with van der Waals surface area (Å²) in [6.07, 6.45) is 10.2. The van der Waals surface area contributed by atoms with Gasteiger partial charge in [-0.3, -0.25) is 0 Å². The van der Waals surface area contributed by atoms with Gasteiger partial charge in [0.1, 0.15) is 23.2 Å². The Morgan fingerprint density at radius 3 is 1.28 bits per heavy atom. The summed E-state index contributed by atoms with van der Waals surface area (Å²) in [6.45, 7) is 1.60. The normalized spacial score (nSPS) is 11.4. The summed E-state index contributed by atoms with van der Waals surface area (Å²) in [6, 6.07) is 44.3. The van der Waals surface area contributed by atoms with Crippen molar-refractivity contribution in [2.75, 3.05) is 12.8 Å². The van der Waals surface area contributed by atoms with Crippen LogP contribution in [-0.4, -0.2) is 12.8 Å². The fourth-order valence-corrected chi connectivity index (χ4v) is 9.49. The van der Waals surface area contributed by atoms with Crippen LogP contribution in [0.25, 0.3) is 0 Å². The van der Waals surface area contributed by atoms with Crippen molar-refractivity contribution in [2.24, 2.45) is 0 Å². The van der Waals surface area contributed by atoms with E-state index in [1.54, 1.807) is 0 Å². The fourth-order valence-electron chi connectivity index (χ4n) is 5.08. The van der Waals surface area contributed by atoms with Crippen LogP contribution in [0, 0.1) is 0 Å². The molecule has 0 saturated carbocycles. The Hall–Kier alpha value is -2.73. The largest absolute Gasteiger partial charge is 0.377 e. The van der Waals surface area contributed by atoms with Crippen LogP contribution in [0.5, 0.6) is 0 Å². The minimum Gasteiger partial charge on any atom is -0.377 e. The Bertz CT molecular complexity index is 1000. The molecule has 0 aliphatic carbocycles. The van der Waals surface area contributed by atoms with Gasteiger partial charge in [0.05, 0.1) is 12.8 Å². The summed E-state index contributed by atoms with van der Waals surface area (Å²) in [7, 11) is -1.67. The van der Waals surface area contributed by atoms with Gasteiger partial charge in [0.25, 0.3) is 0 Å². The number of hydrogen-bond acceptors (Lipinski definition) is 1. The third-order valence-electron chi connectivity index (χ3n) is 6.98. The van der Waals surface area contributed by atoms with Gasteiger partial charge in [0.2, 0.25) is 0 Å². The second-order valence-corrected chi connectivity index (χ2v) is 13.2. The van der Waals surface area contributed by atoms with Crippen molar-refractivity contribution in [1.82, 2.24) is 0 Å². The molecule has 36 heavy (non-hydrogen) atoms. The van der Waals surface area contributed by atoms with Gasteiger partial charge in [0.15, 0.2) is 0 Å². The molecule has 0 bridgehead atoms. The van der Waals surface area contributed by atoms with E-state index in [-0.39, 0.29) is 0 Å². The minimum absolute atomic E-state index is 0.732. The second-order valence-electron chi connectivity index (χ2n) is 9.55. The van der Waals surface area contributed by atoms with Crippen LogP contribution in [-0.2, 0) is 11.3 Å². The Balaban J connectivity index is 1.27. The second kappa shape index (κ2) is 14.7. The average Bonchev–Trinajstić information content (AvgIpc) is 2.96. The van der Waals surface area contributed by atoms with Crippen LogP contribution in [0.15, 0.2) is 121 Å². The lowest BCUT2D eigenvalue weighted by molar-refractivity contribution is 0.116. The molecule has 0 atom stereocenters. The Morgan fingerprint density at radius 2 is 0.806 bits per heavy atom. The van der Waals surface area contributed by atoms with Gasteiger partial charge in [0, 0.05) is 6.61 Å². The molecule has 0 saturated heterocycles. The van der Waals surface area contributed by atoms with Crippen molar-refractivity contribution in [3.63, 3.8) is 0 Å². The van der Waals surface area contributed by atoms with Gasteiger partial charge in [-0.05, 0) is 61.2 Å². The molecular weight excluding hydrogens is 455 g/mol. The lowest BCUT2D eigenvalue weighted by Crippen LogP contribution is -2.33. The van der Waals surface area contributed by atoms with Crippen molar-refractivity contribution in [3.8, 4) is 0 Å². The molecule has 0 aliphatic heterocycles. The number of unbranched alkanes of at least 4 members (excludes halogenated alkanes) is 6. The molecule has 0 heterocycles. The molecule has 4 aromatic rings. The smallest absolute Gasteiger partial charge is 0.112 e. The summed E-state index contributed by atoms with van der Waals surface area (Å²) in [5, 5.41) is 4.49. The molecule has 0 aromatic heterocycles. The monoisotopic (exact) mass is 495 g/mol. The van der Waals surface area contributed by atoms with E-state index in [9.17, 15) is 0 Å². The van der Waals surface area contributed by atoms with E-state index in [4.69, 9.17) is 4.74 Å². The summed E-state index contributed by atoms with van der Waals surface area (Å²) >= 11 is 0. The van der Waals surface area contributed by atoms with Gasteiger partial charge < -0.3 is 4.74 Å². The molecular formula is C34H40OP+. The Kier molecular flexibility index (Phi) is 10.8. The van der Waals surface area contributed by atoms with E-state index in [0.717, 1.165) is 19.6 Å². The summed E-state index contributed by atoms with van der Waals surface area (Å²) in [4.78, 5) is 0. The van der Waals surface area contributed by atoms with E-state index in [1.807, 2.05) is 0 Å². The van der Waals surface area contributed by atoms with Gasteiger partial charge in [-0.2, -0.15) is 0 Å². The zero-order valence-electron chi connectivity index (χ0n) is 21.5. The van der Waals surface area contributed by atoms with Gasteiger partial charge in [-0.1, -0.05) is 111 Å². The van der Waals surface area contributed by atoms with E-state index in [0.29, 0.717) is 0 Å². The summed E-state index contributed by atoms with van der Waals surface area (Å²) in [5.41, 5.74) is 1.26. The third-order valence-corrected chi connectivity index (χ3v) is 11.5. The van der Waals surface area contributed by atoms with E-state index < -0.39 is 7.26 Å². The zero-order chi connectivity index (χ0) is 24.7. The van der Waals surface area contributed by atoms with Crippen molar-refractivity contribution < 1.29 is 4.74 Å². The quantitative estimate of drug-likeness (QED) is 0.120. The molecule has 1 nitrogen and oxygen atoms in total. The molecule has 4 aromatic carbocycles. The maximum Gasteiger partial charge on any atom is 0.112 e. The first-order chi connectivity index (χ1) is 17.9. The Labute approximate surface area is 218 Å². The predicted molar refractivity (Wildman–Crippen MR) is 158 cm³/mol. The molecule has 0 amide bonds. The maximum absolute atomic E-state index is 5.83. The standard InChI is InChI=1S/C34H40OP/c1(2-4-18-28-35-30-31-20-10-6-11-21-31)3-5-19-29-36(32-22-12-7-13-23-32,33-24-14-8-15-25-33)34-26-16-9-17-27-34/h6-17,20-27H,1-5,18-19,28-30H2/q+1. The number of benzene rings is 4. The van der Waals surface area contributed by atoms with E-state index in [2.05, 4.69) is 121 Å². The minimum atomic E-state index is -1.67. The first-order valence-corrected chi connectivity index (χ1v) is 15.5. The zero-order valence-corrected chi connectivity index (χ0v) is 22.4. The van der Waals surface area contributed by atoms with Crippen LogP contribution in [0.1, 0.15) is 50.5 Å². The topological polar surface area (TPSA) is 9.23 Å².